The van der Waals surface area contributed by atoms with Crippen molar-refractivity contribution in [2.24, 2.45) is 0 Å². The van der Waals surface area contributed by atoms with E-state index in [0.29, 0.717) is 17.3 Å². The van der Waals surface area contributed by atoms with Gasteiger partial charge >= 0.3 is 0 Å². The number of halogens is 1. The summed E-state index contributed by atoms with van der Waals surface area (Å²) in [6, 6.07) is 6.35. The summed E-state index contributed by atoms with van der Waals surface area (Å²) in [6.45, 7) is 3.59. The molecule has 5 nitrogen and oxygen atoms in total. The molecule has 0 aliphatic rings. The van der Waals surface area contributed by atoms with Crippen LogP contribution in [0.2, 0.25) is 0 Å². The first-order valence-corrected chi connectivity index (χ1v) is 8.23. The summed E-state index contributed by atoms with van der Waals surface area (Å²) in [6.07, 6.45) is 2.57. The van der Waals surface area contributed by atoms with Crippen molar-refractivity contribution in [1.29, 1.82) is 0 Å². The van der Waals surface area contributed by atoms with Crippen LogP contribution in [0.1, 0.15) is 27.5 Å². The molecule has 2 aromatic heterocycles. The van der Waals surface area contributed by atoms with Gasteiger partial charge in [0, 0.05) is 23.1 Å². The van der Waals surface area contributed by atoms with Gasteiger partial charge in [-0.05, 0) is 31.5 Å². The molecule has 0 radical (unpaired) electrons. The number of rotatable bonds is 5. The first-order valence-electron chi connectivity index (χ1n) is 7.42. The Labute approximate surface area is 142 Å². The predicted molar refractivity (Wildman–Crippen MR) is 89.6 cm³/mol. The Balaban J connectivity index is 1.61. The lowest BCUT2D eigenvalue weighted by molar-refractivity contribution is -0.115. The van der Waals surface area contributed by atoms with E-state index in [4.69, 9.17) is 4.52 Å². The minimum atomic E-state index is -0.254. The number of hydrogen-bond donors (Lipinski definition) is 1. The number of hydrogen-bond acceptors (Lipinski definition) is 5. The van der Waals surface area contributed by atoms with Crippen molar-refractivity contribution >= 4 is 22.4 Å². The predicted octanol–water partition coefficient (Wildman–Crippen LogP) is 3.66. The first kappa shape index (κ1) is 16.3. The molecule has 24 heavy (non-hydrogen) atoms. The number of carbonyl (C=O) groups excluding carboxylic acids is 1. The number of benzene rings is 1. The standard InChI is InChI=1S/C17H16FN3O2S/c1-10-15(11(2)23-21-10)8-16(22)20-17-19-9-14(24-17)7-12-3-5-13(18)6-4-12/h3-6,9H,7-8H2,1-2H3,(H,19,20,22). The molecule has 124 valence electrons. The highest BCUT2D eigenvalue weighted by atomic mass is 32.1. The molecule has 0 spiro atoms. The molecule has 0 aliphatic heterocycles. The second-order valence-electron chi connectivity index (χ2n) is 5.46. The lowest BCUT2D eigenvalue weighted by atomic mass is 10.1. The number of aryl methyl sites for hydroxylation is 2. The molecule has 0 unspecified atom stereocenters. The van der Waals surface area contributed by atoms with Crippen LogP contribution in [-0.4, -0.2) is 16.0 Å². The fourth-order valence-corrected chi connectivity index (χ4v) is 3.19. The third-order valence-electron chi connectivity index (χ3n) is 3.61. The second-order valence-corrected chi connectivity index (χ2v) is 6.58. The highest BCUT2D eigenvalue weighted by Crippen LogP contribution is 2.22. The van der Waals surface area contributed by atoms with Crippen LogP contribution in [0, 0.1) is 19.7 Å². The summed E-state index contributed by atoms with van der Waals surface area (Å²) in [5.74, 6) is 0.237. The molecule has 1 amide bonds. The lowest BCUT2D eigenvalue weighted by Gasteiger charge is -2.01. The molecule has 2 heterocycles. The number of aromatic nitrogens is 2. The molecular weight excluding hydrogens is 329 g/mol. The maximum atomic E-state index is 12.9. The smallest absolute Gasteiger partial charge is 0.230 e. The molecule has 1 N–H and O–H groups in total. The molecule has 0 bridgehead atoms. The summed E-state index contributed by atoms with van der Waals surface area (Å²) >= 11 is 1.41. The van der Waals surface area contributed by atoms with Crippen LogP contribution >= 0.6 is 11.3 Å². The van der Waals surface area contributed by atoms with Crippen molar-refractivity contribution in [3.63, 3.8) is 0 Å². The molecule has 0 fully saturated rings. The lowest BCUT2D eigenvalue weighted by Crippen LogP contribution is -2.14. The highest BCUT2D eigenvalue weighted by molar-refractivity contribution is 7.15. The summed E-state index contributed by atoms with van der Waals surface area (Å²) in [5, 5.41) is 7.17. The van der Waals surface area contributed by atoms with Crippen LogP contribution in [-0.2, 0) is 17.6 Å². The summed E-state index contributed by atoms with van der Waals surface area (Å²) in [7, 11) is 0. The number of thiazole rings is 1. The Kier molecular flexibility index (Phi) is 4.71. The number of carbonyl (C=O) groups is 1. The van der Waals surface area contributed by atoms with Crippen LogP contribution in [0.3, 0.4) is 0 Å². The molecule has 0 saturated carbocycles. The van der Waals surface area contributed by atoms with Gasteiger partial charge in [-0.2, -0.15) is 0 Å². The Morgan fingerprint density at radius 2 is 2.04 bits per heavy atom. The number of anilines is 1. The number of amides is 1. The zero-order chi connectivity index (χ0) is 17.1. The normalized spacial score (nSPS) is 10.8. The maximum Gasteiger partial charge on any atom is 0.230 e. The van der Waals surface area contributed by atoms with Crippen LogP contribution in [0.15, 0.2) is 35.0 Å². The van der Waals surface area contributed by atoms with Crippen LogP contribution < -0.4 is 5.32 Å². The molecule has 7 heteroatoms. The molecule has 0 aliphatic carbocycles. The van der Waals surface area contributed by atoms with Crippen molar-refractivity contribution in [3.8, 4) is 0 Å². The van der Waals surface area contributed by atoms with Crippen LogP contribution in [0.5, 0.6) is 0 Å². The van der Waals surface area contributed by atoms with E-state index in [1.165, 1.54) is 23.5 Å². The van der Waals surface area contributed by atoms with E-state index in [0.717, 1.165) is 21.7 Å². The quantitative estimate of drug-likeness (QED) is 0.766. The molecule has 1 aromatic carbocycles. The number of nitrogens with zero attached hydrogens (tertiary/aromatic N) is 2. The van der Waals surface area contributed by atoms with Gasteiger partial charge in [0.15, 0.2) is 5.13 Å². The van der Waals surface area contributed by atoms with Gasteiger partial charge in [-0.1, -0.05) is 17.3 Å². The van der Waals surface area contributed by atoms with E-state index < -0.39 is 0 Å². The summed E-state index contributed by atoms with van der Waals surface area (Å²) < 4.78 is 18.0. The van der Waals surface area contributed by atoms with Gasteiger partial charge < -0.3 is 9.84 Å². The van der Waals surface area contributed by atoms with Crippen molar-refractivity contribution in [3.05, 3.63) is 63.7 Å². The van der Waals surface area contributed by atoms with Crippen molar-refractivity contribution in [1.82, 2.24) is 10.1 Å². The summed E-state index contributed by atoms with van der Waals surface area (Å²) in [5.41, 5.74) is 2.52. The Bertz CT molecular complexity index is 836. The van der Waals surface area contributed by atoms with Crippen LogP contribution in [0.25, 0.3) is 0 Å². The Morgan fingerprint density at radius 3 is 2.71 bits per heavy atom. The largest absolute Gasteiger partial charge is 0.361 e. The average Bonchev–Trinajstić information content (AvgIpc) is 3.11. The topological polar surface area (TPSA) is 68.0 Å². The van der Waals surface area contributed by atoms with Crippen molar-refractivity contribution in [2.75, 3.05) is 5.32 Å². The minimum absolute atomic E-state index is 0.160. The van der Waals surface area contributed by atoms with Gasteiger partial charge in [0.05, 0.1) is 12.1 Å². The van der Waals surface area contributed by atoms with E-state index in [2.05, 4.69) is 15.5 Å². The van der Waals surface area contributed by atoms with Crippen LogP contribution in [0.4, 0.5) is 9.52 Å². The molecule has 3 aromatic rings. The fourth-order valence-electron chi connectivity index (χ4n) is 2.33. The van der Waals surface area contributed by atoms with E-state index in [1.807, 2.05) is 6.92 Å². The van der Waals surface area contributed by atoms with E-state index >= 15 is 0 Å². The van der Waals surface area contributed by atoms with Crippen molar-refractivity contribution < 1.29 is 13.7 Å². The molecule has 0 atom stereocenters. The molecular formula is C17H16FN3O2S. The van der Waals surface area contributed by atoms with Gasteiger partial charge in [0.25, 0.3) is 0 Å². The van der Waals surface area contributed by atoms with Gasteiger partial charge in [-0.15, -0.1) is 11.3 Å². The zero-order valence-electron chi connectivity index (χ0n) is 13.3. The van der Waals surface area contributed by atoms with Gasteiger partial charge in [0.2, 0.25) is 5.91 Å². The minimum Gasteiger partial charge on any atom is -0.361 e. The number of nitrogens with one attached hydrogen (secondary N) is 1. The van der Waals surface area contributed by atoms with Gasteiger partial charge in [0.1, 0.15) is 11.6 Å². The monoisotopic (exact) mass is 345 g/mol. The zero-order valence-corrected chi connectivity index (χ0v) is 14.1. The average molecular weight is 345 g/mol. The summed E-state index contributed by atoms with van der Waals surface area (Å²) in [4.78, 5) is 17.3. The third kappa shape index (κ3) is 3.86. The SMILES string of the molecule is Cc1noc(C)c1CC(=O)Nc1ncc(Cc2ccc(F)cc2)s1. The molecule has 0 saturated heterocycles. The van der Waals surface area contributed by atoms with Crippen molar-refractivity contribution in [2.45, 2.75) is 26.7 Å². The highest BCUT2D eigenvalue weighted by Gasteiger charge is 2.14. The maximum absolute atomic E-state index is 12.9. The fraction of sp³-hybridized carbons (Fsp3) is 0.235. The van der Waals surface area contributed by atoms with E-state index in [9.17, 15) is 9.18 Å². The third-order valence-corrected chi connectivity index (χ3v) is 4.52. The second kappa shape index (κ2) is 6.92. The van der Waals surface area contributed by atoms with Gasteiger partial charge in [-0.25, -0.2) is 9.37 Å². The Hall–Kier alpha value is -2.54. The Morgan fingerprint density at radius 1 is 1.29 bits per heavy atom. The first-order chi connectivity index (χ1) is 11.5. The van der Waals surface area contributed by atoms with Gasteiger partial charge in [-0.3, -0.25) is 4.79 Å². The van der Waals surface area contributed by atoms with E-state index in [-0.39, 0.29) is 18.1 Å². The van der Waals surface area contributed by atoms with E-state index in [1.54, 1.807) is 25.3 Å². The molecule has 3 rings (SSSR count).